The number of primary amides is 1. The van der Waals surface area contributed by atoms with Gasteiger partial charge >= 0.3 is 5.97 Å². The third-order valence-corrected chi connectivity index (χ3v) is 6.86. The Labute approximate surface area is 233 Å². The van der Waals surface area contributed by atoms with E-state index in [2.05, 4.69) is 5.32 Å². The van der Waals surface area contributed by atoms with Crippen LogP contribution in [0.1, 0.15) is 30.8 Å². The van der Waals surface area contributed by atoms with Crippen LogP contribution in [-0.4, -0.2) is 80.7 Å². The lowest BCUT2D eigenvalue weighted by Crippen LogP contribution is -2.71. The average molecular weight is 573 g/mol. The van der Waals surface area contributed by atoms with Gasteiger partial charge in [0.25, 0.3) is 5.91 Å². The zero-order chi connectivity index (χ0) is 30.1. The van der Waals surface area contributed by atoms with Gasteiger partial charge in [0.1, 0.15) is 29.3 Å². The number of nitrogens with two attached hydrogens (primary N) is 1. The fourth-order valence-electron chi connectivity index (χ4n) is 4.57. The topological polar surface area (TPSA) is 222 Å². The molecule has 1 aromatic heterocycles. The molecule has 0 spiro atoms. The number of carbonyl (C=O) groups excluding carboxylic acids is 1. The maximum atomic E-state index is 13.4. The second-order valence-corrected chi connectivity index (χ2v) is 10.3. The monoisotopic (exact) mass is 572 g/mol. The minimum atomic E-state index is -2.29. The highest BCUT2D eigenvalue weighted by molar-refractivity contribution is 5.99. The number of ether oxygens (including phenoxy) is 2. The number of nitrogens with one attached hydrogen (secondary N) is 1. The summed E-state index contributed by atoms with van der Waals surface area (Å²) in [6, 6.07) is 9.38. The Balaban J connectivity index is 1.72. The van der Waals surface area contributed by atoms with E-state index in [-0.39, 0.29) is 40.1 Å². The summed E-state index contributed by atoms with van der Waals surface area (Å²) >= 11 is 0. The normalized spacial score (nSPS) is 24.4. The number of phenolic OH excluding ortho intramolecular Hbond substituents is 1. The predicted molar refractivity (Wildman–Crippen MR) is 144 cm³/mol. The fourth-order valence-corrected chi connectivity index (χ4v) is 4.57. The molecule has 1 saturated heterocycles. The first-order valence-electron chi connectivity index (χ1n) is 12.9. The summed E-state index contributed by atoms with van der Waals surface area (Å²) in [5.74, 6) is -2.86. The van der Waals surface area contributed by atoms with E-state index >= 15 is 0 Å². The molecule has 0 unspecified atom stereocenters. The number of amides is 1. The van der Waals surface area contributed by atoms with E-state index in [1.807, 2.05) is 13.8 Å². The number of hydrogen-bond acceptors (Lipinski definition) is 11. The Hall–Kier alpha value is -4.01. The van der Waals surface area contributed by atoms with Crippen LogP contribution >= 0.6 is 0 Å². The third-order valence-electron chi connectivity index (χ3n) is 6.86. The van der Waals surface area contributed by atoms with Gasteiger partial charge in [0.2, 0.25) is 17.5 Å². The molecule has 5 atom stereocenters. The number of benzene rings is 2. The molecule has 1 aliphatic heterocycles. The van der Waals surface area contributed by atoms with E-state index in [1.54, 1.807) is 0 Å². The molecule has 2 aromatic carbocycles. The van der Waals surface area contributed by atoms with E-state index in [4.69, 9.17) is 19.6 Å². The van der Waals surface area contributed by atoms with Crippen molar-refractivity contribution >= 4 is 22.8 Å². The molecule has 13 nitrogen and oxygen atoms in total. The molecule has 1 fully saturated rings. The summed E-state index contributed by atoms with van der Waals surface area (Å²) in [6.07, 6.45) is -6.91. The Kier molecular flexibility index (Phi) is 8.66. The number of carboxylic acids is 1. The van der Waals surface area contributed by atoms with E-state index in [1.165, 1.54) is 42.5 Å². The van der Waals surface area contributed by atoms with Gasteiger partial charge in [-0.25, -0.2) is 4.79 Å². The summed E-state index contributed by atoms with van der Waals surface area (Å²) in [7, 11) is 0. The molecule has 3 aromatic rings. The quantitative estimate of drug-likeness (QED) is 0.165. The van der Waals surface area contributed by atoms with Crippen LogP contribution in [0.2, 0.25) is 0 Å². The molecule has 2 heterocycles. The molecule has 41 heavy (non-hydrogen) atoms. The van der Waals surface area contributed by atoms with Gasteiger partial charge in [0, 0.05) is 12.6 Å². The first-order chi connectivity index (χ1) is 19.3. The van der Waals surface area contributed by atoms with Crippen LogP contribution in [0.4, 0.5) is 0 Å². The van der Waals surface area contributed by atoms with E-state index in [0.717, 1.165) is 6.42 Å². The van der Waals surface area contributed by atoms with Crippen molar-refractivity contribution in [2.24, 2.45) is 11.7 Å². The Morgan fingerprint density at radius 1 is 1.15 bits per heavy atom. The van der Waals surface area contributed by atoms with Crippen LogP contribution in [0.25, 0.3) is 22.1 Å². The van der Waals surface area contributed by atoms with Crippen LogP contribution in [0.5, 0.6) is 11.5 Å². The largest absolute Gasteiger partial charge is 0.508 e. The number of aromatic hydroxyl groups is 1. The lowest BCUT2D eigenvalue weighted by molar-refractivity contribution is -0.311. The smallest absolute Gasteiger partial charge is 0.335 e. The highest BCUT2D eigenvalue weighted by atomic mass is 16.7. The first kappa shape index (κ1) is 30.0. The van der Waals surface area contributed by atoms with E-state index < -0.39 is 53.3 Å². The summed E-state index contributed by atoms with van der Waals surface area (Å²) < 4.78 is 16.9. The number of carboxylic acid groups (broad SMARTS) is 1. The summed E-state index contributed by atoms with van der Waals surface area (Å²) in [6.45, 7) is 4.12. The Morgan fingerprint density at radius 3 is 2.44 bits per heavy atom. The lowest BCUT2D eigenvalue weighted by atomic mass is 9.86. The van der Waals surface area contributed by atoms with E-state index in [0.29, 0.717) is 12.5 Å². The number of fused-ring (bicyclic) bond motifs is 1. The number of carbonyl (C=O) groups is 2. The molecule has 1 aliphatic rings. The second-order valence-electron chi connectivity index (χ2n) is 10.3. The van der Waals surface area contributed by atoms with Gasteiger partial charge in [0.05, 0.1) is 10.9 Å². The van der Waals surface area contributed by atoms with Crippen LogP contribution in [0.15, 0.2) is 51.7 Å². The number of hydrogen-bond donors (Lipinski definition) is 7. The third kappa shape index (κ3) is 6.04. The molecule has 0 radical (unpaired) electrons. The Bertz CT molecular complexity index is 1490. The highest BCUT2D eigenvalue weighted by Gasteiger charge is 2.58. The summed E-state index contributed by atoms with van der Waals surface area (Å²) in [4.78, 5) is 37.3. The number of aliphatic hydroxyl groups is 3. The predicted octanol–water partition coefficient (Wildman–Crippen LogP) is 0.541. The molecular formula is C28H32N2O11. The summed E-state index contributed by atoms with van der Waals surface area (Å²) in [5, 5.41) is 54.6. The summed E-state index contributed by atoms with van der Waals surface area (Å²) in [5.41, 5.74) is 2.66. The van der Waals surface area contributed by atoms with Crippen LogP contribution in [0.3, 0.4) is 0 Å². The molecule has 8 N–H and O–H groups in total. The zero-order valence-corrected chi connectivity index (χ0v) is 22.3. The lowest BCUT2D eigenvalue weighted by Gasteiger charge is -2.46. The van der Waals surface area contributed by atoms with Gasteiger partial charge < -0.3 is 50.5 Å². The van der Waals surface area contributed by atoms with Crippen molar-refractivity contribution in [1.82, 2.24) is 5.32 Å². The minimum Gasteiger partial charge on any atom is -0.508 e. The highest BCUT2D eigenvalue weighted by Crippen LogP contribution is 2.34. The van der Waals surface area contributed by atoms with Crippen LogP contribution in [0, 0.1) is 5.92 Å². The molecule has 1 amide bonds. The molecular weight excluding hydrogens is 540 g/mol. The van der Waals surface area contributed by atoms with Gasteiger partial charge in [-0.1, -0.05) is 26.0 Å². The molecule has 4 rings (SSSR count). The van der Waals surface area contributed by atoms with Crippen molar-refractivity contribution in [2.45, 2.75) is 50.5 Å². The van der Waals surface area contributed by atoms with Gasteiger partial charge in [-0.15, -0.1) is 0 Å². The van der Waals surface area contributed by atoms with Gasteiger partial charge in [-0.3, -0.25) is 9.59 Å². The van der Waals surface area contributed by atoms with E-state index in [9.17, 15) is 39.9 Å². The SMILES string of the molecule is CC(C)CCNC[C@@]1(O)[C@H](Oc2ccc3c(=O)c(-c4ccc(O)cc4)c(C(N)=O)oc3c2)O[C@H](C(=O)O)[C@@H](O)[C@@H]1O. The maximum Gasteiger partial charge on any atom is 0.335 e. The molecule has 220 valence electrons. The van der Waals surface area contributed by atoms with Crippen molar-refractivity contribution < 1.29 is 49.0 Å². The van der Waals surface area contributed by atoms with Gasteiger partial charge in [0.15, 0.2) is 11.7 Å². The molecule has 0 bridgehead atoms. The van der Waals surface area contributed by atoms with Gasteiger partial charge in [-0.05, 0) is 48.7 Å². The molecule has 0 aliphatic carbocycles. The maximum absolute atomic E-state index is 13.4. The fraction of sp³-hybridized carbons (Fsp3) is 0.393. The standard InChI is InChI=1S/C28H32N2O11/c1-13(2)9-10-30-12-28(38)24(34)21(33)23(26(36)37)41-27(28)39-16-7-8-17-18(11-16)40-22(25(29)35)19(20(17)32)14-3-5-15(31)6-4-14/h3-8,11,13,21,23-24,27,30-31,33-34,38H,9-10,12H2,1-2H3,(H2,29,35)(H,36,37)/t21-,23+,24+,27-,28+/m1/s1. The first-order valence-corrected chi connectivity index (χ1v) is 12.9. The number of rotatable bonds is 10. The van der Waals surface area contributed by atoms with Crippen molar-refractivity contribution in [3.8, 4) is 22.6 Å². The number of aliphatic carboxylic acids is 1. The minimum absolute atomic E-state index is 0.0412. The number of aliphatic hydroxyl groups excluding tert-OH is 2. The van der Waals surface area contributed by atoms with Crippen LogP contribution < -0.4 is 21.2 Å². The average Bonchev–Trinajstić information content (AvgIpc) is 2.91. The number of phenols is 1. The zero-order valence-electron chi connectivity index (χ0n) is 22.3. The second kappa shape index (κ2) is 11.8. The van der Waals surface area contributed by atoms with Crippen molar-refractivity contribution in [2.75, 3.05) is 13.1 Å². The Morgan fingerprint density at radius 2 is 1.83 bits per heavy atom. The van der Waals surface area contributed by atoms with Crippen molar-refractivity contribution in [3.05, 3.63) is 58.4 Å². The van der Waals surface area contributed by atoms with Crippen LogP contribution in [-0.2, 0) is 9.53 Å². The van der Waals surface area contributed by atoms with Crippen molar-refractivity contribution in [3.63, 3.8) is 0 Å². The molecule has 13 heteroatoms. The van der Waals surface area contributed by atoms with Gasteiger partial charge in [-0.2, -0.15) is 0 Å². The molecule has 0 saturated carbocycles. The van der Waals surface area contributed by atoms with Crippen molar-refractivity contribution in [1.29, 1.82) is 0 Å².